The molecule has 0 bridgehead atoms. The van der Waals surface area contributed by atoms with Crippen LogP contribution in [-0.4, -0.2) is 77.7 Å². The number of amides is 5. The van der Waals surface area contributed by atoms with Crippen molar-refractivity contribution >= 4 is 35.5 Å². The number of unbranched alkanes of at least 4 members (excludes halogenated alkanes) is 1. The molecule has 0 aromatic rings. The van der Waals surface area contributed by atoms with Gasteiger partial charge in [0.15, 0.2) is 0 Å². The molecule has 0 saturated carbocycles. The number of hydrogen-bond donors (Lipinski definition) is 5. The van der Waals surface area contributed by atoms with E-state index in [-0.39, 0.29) is 38.0 Å². The summed E-state index contributed by atoms with van der Waals surface area (Å²) < 4.78 is 0. The van der Waals surface area contributed by atoms with Gasteiger partial charge in [-0.1, -0.05) is 0 Å². The van der Waals surface area contributed by atoms with E-state index in [1.54, 1.807) is 0 Å². The van der Waals surface area contributed by atoms with Crippen LogP contribution >= 0.6 is 0 Å². The summed E-state index contributed by atoms with van der Waals surface area (Å²) in [5, 5.41) is 18.8. The van der Waals surface area contributed by atoms with Crippen molar-refractivity contribution in [2.24, 2.45) is 0 Å². The van der Waals surface area contributed by atoms with Crippen molar-refractivity contribution in [1.29, 1.82) is 0 Å². The fraction of sp³-hybridized carbons (Fsp3) is 0.500. The Morgan fingerprint density at radius 3 is 2.64 bits per heavy atom. The average Bonchev–Trinajstić information content (AvgIpc) is 2.64. The highest BCUT2D eigenvalue weighted by molar-refractivity contribution is 6.36. The van der Waals surface area contributed by atoms with Gasteiger partial charge in [0.25, 0.3) is 5.91 Å². The van der Waals surface area contributed by atoms with Gasteiger partial charge < -0.3 is 26.4 Å². The zero-order valence-corrected chi connectivity index (χ0v) is 14.9. The second-order valence-electron chi connectivity index (χ2n) is 6.17. The van der Waals surface area contributed by atoms with Crippen LogP contribution in [-0.2, 0) is 28.8 Å². The number of carbonyl (C=O) groups excluding carboxylic acids is 5. The lowest BCUT2D eigenvalue weighted by molar-refractivity contribution is -0.147. The van der Waals surface area contributed by atoms with Crippen LogP contribution in [0.1, 0.15) is 19.3 Å². The summed E-state index contributed by atoms with van der Waals surface area (Å²) in [6, 6.07) is -0.621. The van der Waals surface area contributed by atoms with E-state index in [2.05, 4.69) is 21.3 Å². The number of carboxylic acids is 1. The predicted molar refractivity (Wildman–Crippen MR) is 92.2 cm³/mol. The molecule has 152 valence electrons. The van der Waals surface area contributed by atoms with Crippen LogP contribution in [0.3, 0.4) is 0 Å². The van der Waals surface area contributed by atoms with Crippen molar-refractivity contribution in [1.82, 2.24) is 26.2 Å². The molecule has 0 aromatic carbocycles. The summed E-state index contributed by atoms with van der Waals surface area (Å²) in [6.07, 6.45) is 1.94. The van der Waals surface area contributed by atoms with E-state index in [4.69, 9.17) is 5.11 Å². The van der Waals surface area contributed by atoms with Crippen LogP contribution in [0.4, 0.5) is 0 Å². The Labute approximate surface area is 159 Å². The highest BCUT2D eigenvalue weighted by Gasteiger charge is 2.32. The number of aliphatic carboxylic acids is 1. The third-order valence-electron chi connectivity index (χ3n) is 4.12. The molecule has 2 fully saturated rings. The minimum atomic E-state index is -1.43. The monoisotopic (exact) mass is 395 g/mol. The standard InChI is InChI=1S/C16H21N5O7/c22-11-8-19-13(25)9(20-11)3-1-2-4-17-14(26)10(7-12(23)24)21-6-5-18-15(27)16(21)28/h7,9H,1-6,8H2,(H,17,26)(H,18,27)(H,19,25)(H,20,22)(H,23,24)/b10-7+. The average molecular weight is 395 g/mol. The first kappa shape index (κ1) is 20.9. The molecule has 0 spiro atoms. The van der Waals surface area contributed by atoms with Gasteiger partial charge in [-0.2, -0.15) is 0 Å². The maximum absolute atomic E-state index is 12.3. The van der Waals surface area contributed by atoms with Crippen molar-refractivity contribution in [3.63, 3.8) is 0 Å². The van der Waals surface area contributed by atoms with Crippen LogP contribution in [0.2, 0.25) is 0 Å². The van der Waals surface area contributed by atoms with Crippen LogP contribution in [0, 0.1) is 0 Å². The number of rotatable bonds is 8. The van der Waals surface area contributed by atoms with Gasteiger partial charge in [-0.05, 0) is 19.3 Å². The minimum absolute atomic E-state index is 0.0202. The molecule has 2 heterocycles. The topological polar surface area (TPSA) is 174 Å². The van der Waals surface area contributed by atoms with Crippen molar-refractivity contribution < 1.29 is 33.9 Å². The van der Waals surface area contributed by atoms with Crippen LogP contribution in [0.15, 0.2) is 11.8 Å². The third-order valence-corrected chi connectivity index (χ3v) is 4.12. The normalized spacial score (nSPS) is 20.2. The molecule has 2 rings (SSSR count). The largest absolute Gasteiger partial charge is 0.478 e. The van der Waals surface area contributed by atoms with Crippen molar-refractivity contribution in [2.75, 3.05) is 26.2 Å². The molecule has 2 saturated heterocycles. The van der Waals surface area contributed by atoms with Gasteiger partial charge in [0, 0.05) is 19.6 Å². The van der Waals surface area contributed by atoms with Crippen molar-refractivity contribution in [3.05, 3.63) is 11.8 Å². The third kappa shape index (κ3) is 5.53. The molecule has 5 N–H and O–H groups in total. The molecule has 0 aliphatic carbocycles. The van der Waals surface area contributed by atoms with Crippen LogP contribution in [0.5, 0.6) is 0 Å². The molecule has 28 heavy (non-hydrogen) atoms. The van der Waals surface area contributed by atoms with Gasteiger partial charge in [-0.3, -0.25) is 28.9 Å². The Hall–Kier alpha value is -3.44. The summed E-state index contributed by atoms with van der Waals surface area (Å²) in [6.45, 7) is 0.196. The first-order valence-corrected chi connectivity index (χ1v) is 8.69. The van der Waals surface area contributed by atoms with Crippen molar-refractivity contribution in [2.45, 2.75) is 25.3 Å². The number of piperazine rings is 2. The maximum Gasteiger partial charge on any atom is 0.330 e. The van der Waals surface area contributed by atoms with E-state index in [9.17, 15) is 28.8 Å². The number of carboxylic acid groups (broad SMARTS) is 1. The summed E-state index contributed by atoms with van der Waals surface area (Å²) in [5.74, 6) is -4.68. The fourth-order valence-corrected chi connectivity index (χ4v) is 2.76. The minimum Gasteiger partial charge on any atom is -0.478 e. The Kier molecular flexibility index (Phi) is 7.07. The highest BCUT2D eigenvalue weighted by Crippen LogP contribution is 2.09. The predicted octanol–water partition coefficient (Wildman–Crippen LogP) is -3.19. The van der Waals surface area contributed by atoms with E-state index < -0.39 is 35.4 Å². The molecule has 0 aromatic heterocycles. The van der Waals surface area contributed by atoms with Crippen molar-refractivity contribution in [3.8, 4) is 0 Å². The lowest BCUT2D eigenvalue weighted by Crippen LogP contribution is -2.56. The zero-order valence-electron chi connectivity index (χ0n) is 14.9. The zero-order chi connectivity index (χ0) is 20.7. The van der Waals surface area contributed by atoms with E-state index in [0.717, 1.165) is 4.90 Å². The molecular formula is C16H21N5O7. The molecule has 2 aliphatic rings. The number of nitrogens with one attached hydrogen (secondary N) is 4. The Balaban J connectivity index is 1.84. The molecule has 12 nitrogen and oxygen atoms in total. The summed E-state index contributed by atoms with van der Waals surface area (Å²) >= 11 is 0. The molecule has 1 unspecified atom stereocenters. The Bertz CT molecular complexity index is 733. The first-order chi connectivity index (χ1) is 13.3. The molecule has 5 amide bonds. The van der Waals surface area contributed by atoms with E-state index >= 15 is 0 Å². The lowest BCUT2D eigenvalue weighted by Gasteiger charge is -2.27. The van der Waals surface area contributed by atoms with Crippen LogP contribution in [0.25, 0.3) is 0 Å². The second-order valence-corrected chi connectivity index (χ2v) is 6.17. The SMILES string of the molecule is O=C(O)/C=C(\C(=O)NCCCCC1NC(=O)CNC1=O)N1CCNC(=O)C1=O. The van der Waals surface area contributed by atoms with E-state index in [0.29, 0.717) is 25.3 Å². The molecule has 12 heteroatoms. The fourth-order valence-electron chi connectivity index (χ4n) is 2.76. The molecule has 0 radical (unpaired) electrons. The second kappa shape index (κ2) is 9.48. The van der Waals surface area contributed by atoms with Gasteiger partial charge in [0.2, 0.25) is 11.8 Å². The summed E-state index contributed by atoms with van der Waals surface area (Å²) in [5.41, 5.74) is -0.425. The Morgan fingerprint density at radius 2 is 1.93 bits per heavy atom. The molecule has 2 aliphatic heterocycles. The summed E-state index contributed by atoms with van der Waals surface area (Å²) in [4.78, 5) is 70.3. The van der Waals surface area contributed by atoms with E-state index in [1.807, 2.05) is 0 Å². The Morgan fingerprint density at radius 1 is 1.18 bits per heavy atom. The van der Waals surface area contributed by atoms with Gasteiger partial charge in [-0.15, -0.1) is 0 Å². The summed E-state index contributed by atoms with van der Waals surface area (Å²) in [7, 11) is 0. The number of nitrogens with zero attached hydrogens (tertiary/aromatic N) is 1. The number of hydrogen-bond acceptors (Lipinski definition) is 6. The van der Waals surface area contributed by atoms with Gasteiger partial charge in [0.1, 0.15) is 11.7 Å². The lowest BCUT2D eigenvalue weighted by atomic mass is 10.1. The molecule has 1 atom stereocenters. The smallest absolute Gasteiger partial charge is 0.330 e. The molecular weight excluding hydrogens is 374 g/mol. The van der Waals surface area contributed by atoms with Gasteiger partial charge in [0.05, 0.1) is 12.6 Å². The maximum atomic E-state index is 12.3. The quantitative estimate of drug-likeness (QED) is 0.163. The van der Waals surface area contributed by atoms with E-state index in [1.165, 1.54) is 0 Å². The van der Waals surface area contributed by atoms with Crippen LogP contribution < -0.4 is 21.3 Å². The van der Waals surface area contributed by atoms with Gasteiger partial charge in [-0.25, -0.2) is 4.79 Å². The first-order valence-electron chi connectivity index (χ1n) is 8.69. The highest BCUT2D eigenvalue weighted by atomic mass is 16.4. The number of carbonyl (C=O) groups is 6. The van der Waals surface area contributed by atoms with Gasteiger partial charge >= 0.3 is 17.8 Å².